The predicted octanol–water partition coefficient (Wildman–Crippen LogP) is 2.90. The van der Waals surface area contributed by atoms with Gasteiger partial charge in [-0.2, -0.15) is 5.10 Å². The van der Waals surface area contributed by atoms with Crippen LogP contribution in [0, 0.1) is 0 Å². The number of hydrazine groups is 1. The number of ether oxygens (including phenoxy) is 1. The van der Waals surface area contributed by atoms with Crippen molar-refractivity contribution in [2.75, 3.05) is 6.61 Å². The molecule has 0 saturated carbocycles. The molecule has 8 heteroatoms. The number of H-pyrrole nitrogens is 1. The maximum atomic E-state index is 12.1. The van der Waals surface area contributed by atoms with Crippen LogP contribution in [0.5, 0.6) is 5.75 Å². The van der Waals surface area contributed by atoms with E-state index >= 15 is 0 Å². The molecule has 8 nitrogen and oxygen atoms in total. The lowest BCUT2D eigenvalue weighted by atomic mass is 10.1. The first kappa shape index (κ1) is 20.8. The van der Waals surface area contributed by atoms with Crippen molar-refractivity contribution in [1.29, 1.82) is 0 Å². The topological polar surface area (TPSA) is 113 Å². The van der Waals surface area contributed by atoms with Gasteiger partial charge in [-0.05, 0) is 43.7 Å². The van der Waals surface area contributed by atoms with Crippen LogP contribution in [0.1, 0.15) is 40.6 Å². The molecule has 0 spiro atoms. The highest BCUT2D eigenvalue weighted by Gasteiger charge is 2.12. The summed E-state index contributed by atoms with van der Waals surface area (Å²) in [5.74, 6) is -0.199. The standard InChI is InChI=1S/C22H22N4O4/c1-15(27)16-9-11-18(12-10-16)30-13-5-8-21(28)25-26-22(29)20-14-19(23-24-20)17-6-3-2-4-7-17/h2-4,6-7,9-12,14H,5,8,13H2,1H3,(H,23,24)(H,25,28)(H,26,29). The second kappa shape index (κ2) is 10.0. The molecule has 0 aliphatic rings. The van der Waals surface area contributed by atoms with Crippen molar-refractivity contribution in [3.05, 3.63) is 71.9 Å². The highest BCUT2D eigenvalue weighted by Crippen LogP contribution is 2.16. The quantitative estimate of drug-likeness (QED) is 0.302. The summed E-state index contributed by atoms with van der Waals surface area (Å²) in [7, 11) is 0. The molecule has 0 saturated heterocycles. The smallest absolute Gasteiger partial charge is 0.287 e. The number of rotatable bonds is 8. The van der Waals surface area contributed by atoms with Crippen molar-refractivity contribution in [3.8, 4) is 17.0 Å². The van der Waals surface area contributed by atoms with Crippen molar-refractivity contribution >= 4 is 17.6 Å². The van der Waals surface area contributed by atoms with Gasteiger partial charge in [0, 0.05) is 17.5 Å². The molecule has 0 radical (unpaired) electrons. The summed E-state index contributed by atoms with van der Waals surface area (Å²) < 4.78 is 5.54. The van der Waals surface area contributed by atoms with E-state index in [4.69, 9.17) is 4.74 Å². The van der Waals surface area contributed by atoms with E-state index in [1.807, 2.05) is 30.3 Å². The number of Topliss-reactive ketones (excluding diaryl/α,β-unsaturated/α-hetero) is 1. The summed E-state index contributed by atoms with van der Waals surface area (Å²) in [6.45, 7) is 1.84. The molecule has 2 aromatic carbocycles. The number of hydrogen-bond acceptors (Lipinski definition) is 5. The molecule has 3 rings (SSSR count). The number of aromatic amines is 1. The minimum atomic E-state index is -0.486. The number of carbonyl (C=O) groups excluding carboxylic acids is 3. The third-order valence-corrected chi connectivity index (χ3v) is 4.29. The zero-order valence-corrected chi connectivity index (χ0v) is 16.5. The van der Waals surface area contributed by atoms with Gasteiger partial charge in [-0.15, -0.1) is 0 Å². The Morgan fingerprint density at radius 1 is 1.00 bits per heavy atom. The number of carbonyl (C=O) groups is 3. The van der Waals surface area contributed by atoms with Crippen LogP contribution in [0.3, 0.4) is 0 Å². The summed E-state index contributed by atoms with van der Waals surface area (Å²) in [6.07, 6.45) is 0.655. The summed E-state index contributed by atoms with van der Waals surface area (Å²) in [5.41, 5.74) is 7.11. The molecule has 30 heavy (non-hydrogen) atoms. The highest BCUT2D eigenvalue weighted by molar-refractivity contribution is 5.95. The molecular formula is C22H22N4O4. The van der Waals surface area contributed by atoms with Crippen molar-refractivity contribution in [3.63, 3.8) is 0 Å². The first-order valence-electron chi connectivity index (χ1n) is 9.47. The fourth-order valence-electron chi connectivity index (χ4n) is 2.66. The number of nitrogens with zero attached hydrogens (tertiary/aromatic N) is 1. The van der Waals surface area contributed by atoms with E-state index < -0.39 is 5.91 Å². The predicted molar refractivity (Wildman–Crippen MR) is 111 cm³/mol. The van der Waals surface area contributed by atoms with Crippen LogP contribution in [0.4, 0.5) is 0 Å². The van der Waals surface area contributed by atoms with Crippen LogP contribution in [0.25, 0.3) is 11.3 Å². The largest absolute Gasteiger partial charge is 0.494 e. The maximum Gasteiger partial charge on any atom is 0.287 e. The normalized spacial score (nSPS) is 10.3. The number of hydrogen-bond donors (Lipinski definition) is 3. The van der Waals surface area contributed by atoms with Gasteiger partial charge in [0.25, 0.3) is 5.91 Å². The van der Waals surface area contributed by atoms with Crippen molar-refractivity contribution < 1.29 is 19.1 Å². The molecule has 1 heterocycles. The lowest BCUT2D eigenvalue weighted by molar-refractivity contribution is -0.122. The second-order valence-electron chi connectivity index (χ2n) is 6.57. The van der Waals surface area contributed by atoms with Crippen molar-refractivity contribution in [2.24, 2.45) is 0 Å². The van der Waals surface area contributed by atoms with Gasteiger partial charge in [-0.3, -0.25) is 30.3 Å². The molecule has 154 valence electrons. The summed E-state index contributed by atoms with van der Waals surface area (Å²) in [4.78, 5) is 35.3. The van der Waals surface area contributed by atoms with Gasteiger partial charge in [-0.1, -0.05) is 30.3 Å². The molecule has 0 atom stereocenters. The van der Waals surface area contributed by atoms with Crippen LogP contribution in [0.15, 0.2) is 60.7 Å². The Bertz CT molecular complexity index is 1010. The second-order valence-corrected chi connectivity index (χ2v) is 6.57. The van der Waals surface area contributed by atoms with Gasteiger partial charge in [0.15, 0.2) is 5.78 Å². The van der Waals surface area contributed by atoms with Gasteiger partial charge >= 0.3 is 0 Å². The molecule has 0 fully saturated rings. The van der Waals surface area contributed by atoms with Crippen molar-refractivity contribution in [2.45, 2.75) is 19.8 Å². The van der Waals surface area contributed by atoms with Crippen LogP contribution in [0.2, 0.25) is 0 Å². The molecule has 3 aromatic rings. The molecular weight excluding hydrogens is 384 g/mol. The zero-order chi connectivity index (χ0) is 21.3. The maximum absolute atomic E-state index is 12.1. The Morgan fingerprint density at radius 2 is 1.73 bits per heavy atom. The zero-order valence-electron chi connectivity index (χ0n) is 16.5. The number of nitrogens with one attached hydrogen (secondary N) is 3. The Hall–Kier alpha value is -3.94. The Kier molecular flexibility index (Phi) is 6.94. The summed E-state index contributed by atoms with van der Waals surface area (Å²) >= 11 is 0. The molecule has 3 N–H and O–H groups in total. The van der Waals surface area contributed by atoms with Gasteiger partial charge in [0.05, 0.1) is 12.3 Å². The third kappa shape index (κ3) is 5.78. The number of aromatic nitrogens is 2. The lowest BCUT2D eigenvalue weighted by Gasteiger charge is -2.08. The Morgan fingerprint density at radius 3 is 2.43 bits per heavy atom. The first-order chi connectivity index (χ1) is 14.5. The van der Waals surface area contributed by atoms with Gasteiger partial charge in [0.2, 0.25) is 5.91 Å². The number of ketones is 1. The Labute approximate surface area is 173 Å². The van der Waals surface area contributed by atoms with E-state index in [0.717, 1.165) is 5.56 Å². The van der Waals surface area contributed by atoms with E-state index in [0.29, 0.717) is 30.0 Å². The van der Waals surface area contributed by atoms with Crippen LogP contribution in [-0.4, -0.2) is 34.4 Å². The fraction of sp³-hybridized carbons (Fsp3) is 0.182. The molecule has 0 aliphatic heterocycles. The van der Waals surface area contributed by atoms with Gasteiger partial charge in [-0.25, -0.2) is 0 Å². The Balaban J connectivity index is 1.37. The minimum absolute atomic E-state index is 0.00770. The number of amides is 2. The van der Waals surface area contributed by atoms with Crippen LogP contribution in [-0.2, 0) is 4.79 Å². The average Bonchev–Trinajstić information content (AvgIpc) is 3.26. The fourth-order valence-corrected chi connectivity index (χ4v) is 2.66. The molecule has 0 bridgehead atoms. The first-order valence-corrected chi connectivity index (χ1v) is 9.47. The van der Waals surface area contributed by atoms with Gasteiger partial charge < -0.3 is 4.74 Å². The summed E-state index contributed by atoms with van der Waals surface area (Å²) in [6, 6.07) is 17.9. The SMILES string of the molecule is CC(=O)c1ccc(OCCCC(=O)NNC(=O)c2cc(-c3ccccc3)n[nH]2)cc1. The van der Waals surface area contributed by atoms with E-state index in [9.17, 15) is 14.4 Å². The molecule has 2 amide bonds. The average molecular weight is 406 g/mol. The minimum Gasteiger partial charge on any atom is -0.494 e. The molecule has 1 aromatic heterocycles. The molecule has 0 aliphatic carbocycles. The third-order valence-electron chi connectivity index (χ3n) is 4.29. The van der Waals surface area contributed by atoms with E-state index in [2.05, 4.69) is 21.0 Å². The van der Waals surface area contributed by atoms with Crippen LogP contribution < -0.4 is 15.6 Å². The highest BCUT2D eigenvalue weighted by atomic mass is 16.5. The lowest BCUT2D eigenvalue weighted by Crippen LogP contribution is -2.41. The van der Waals surface area contributed by atoms with E-state index in [1.165, 1.54) is 6.92 Å². The number of benzene rings is 2. The van der Waals surface area contributed by atoms with E-state index in [1.54, 1.807) is 30.3 Å². The summed E-state index contributed by atoms with van der Waals surface area (Å²) in [5, 5.41) is 6.76. The van der Waals surface area contributed by atoms with Gasteiger partial charge in [0.1, 0.15) is 11.4 Å². The monoisotopic (exact) mass is 406 g/mol. The van der Waals surface area contributed by atoms with Crippen molar-refractivity contribution in [1.82, 2.24) is 21.0 Å². The van der Waals surface area contributed by atoms with Crippen LogP contribution >= 0.6 is 0 Å². The van der Waals surface area contributed by atoms with E-state index in [-0.39, 0.29) is 23.8 Å². The molecule has 0 unspecified atom stereocenters.